The van der Waals surface area contributed by atoms with Crippen LogP contribution < -0.4 is 5.32 Å². The fourth-order valence-electron chi connectivity index (χ4n) is 2.83. The molecule has 1 aromatic rings. The molecule has 19 heavy (non-hydrogen) atoms. The molecule has 0 aliphatic carbocycles. The van der Waals surface area contributed by atoms with Crippen LogP contribution in [0.5, 0.6) is 0 Å². The van der Waals surface area contributed by atoms with E-state index < -0.39 is 0 Å². The van der Waals surface area contributed by atoms with Crippen molar-refractivity contribution in [3.05, 3.63) is 21.9 Å². The van der Waals surface area contributed by atoms with Gasteiger partial charge in [0.15, 0.2) is 0 Å². The number of hydrogen-bond donors (Lipinski definition) is 1. The Kier molecular flexibility index (Phi) is 4.31. The maximum absolute atomic E-state index is 12.4. The van der Waals surface area contributed by atoms with Crippen LogP contribution in [-0.2, 0) is 4.79 Å². The van der Waals surface area contributed by atoms with E-state index in [2.05, 4.69) is 45.1 Å². The van der Waals surface area contributed by atoms with Crippen LogP contribution in [0.4, 0.5) is 0 Å². The molecule has 0 aromatic carbocycles. The van der Waals surface area contributed by atoms with Gasteiger partial charge in [0.2, 0.25) is 5.91 Å². The standard InChI is InChI=1S/C15H24N2OS/c1-9(2)8-10(3)17-14(16-12(5)15(17)18)13-7-6-11(4)19-13/h6-7,9-10,12,14,16H,8H2,1-5H3. The van der Waals surface area contributed by atoms with Crippen molar-refractivity contribution in [2.45, 2.75) is 59.3 Å². The first-order valence-electron chi connectivity index (χ1n) is 7.04. The number of thiophene rings is 1. The van der Waals surface area contributed by atoms with Crippen molar-refractivity contribution in [2.75, 3.05) is 0 Å². The van der Waals surface area contributed by atoms with E-state index in [0.29, 0.717) is 5.92 Å². The Morgan fingerprint density at radius 3 is 2.58 bits per heavy atom. The normalized spacial score (nSPS) is 25.4. The predicted octanol–water partition coefficient (Wildman–Crippen LogP) is 3.31. The zero-order chi connectivity index (χ0) is 14.2. The van der Waals surface area contributed by atoms with Crippen LogP contribution in [0.25, 0.3) is 0 Å². The predicted molar refractivity (Wildman–Crippen MR) is 80.2 cm³/mol. The second kappa shape index (κ2) is 5.63. The van der Waals surface area contributed by atoms with Gasteiger partial charge in [0.1, 0.15) is 6.17 Å². The molecule has 4 heteroatoms. The van der Waals surface area contributed by atoms with Crippen LogP contribution in [0.3, 0.4) is 0 Å². The third-order valence-electron chi connectivity index (χ3n) is 3.63. The average Bonchev–Trinajstić information content (AvgIpc) is 2.84. The smallest absolute Gasteiger partial charge is 0.241 e. The molecule has 2 heterocycles. The SMILES string of the molecule is Cc1ccc(C2NC(C)C(=O)N2C(C)CC(C)C)s1. The Morgan fingerprint density at radius 1 is 1.37 bits per heavy atom. The first-order chi connectivity index (χ1) is 8.90. The highest BCUT2D eigenvalue weighted by atomic mass is 32.1. The van der Waals surface area contributed by atoms with Gasteiger partial charge in [0, 0.05) is 15.8 Å². The first kappa shape index (κ1) is 14.5. The number of nitrogens with one attached hydrogen (secondary N) is 1. The summed E-state index contributed by atoms with van der Waals surface area (Å²) in [5, 5.41) is 3.42. The summed E-state index contributed by atoms with van der Waals surface area (Å²) >= 11 is 1.77. The summed E-state index contributed by atoms with van der Waals surface area (Å²) in [5.74, 6) is 0.827. The summed E-state index contributed by atoms with van der Waals surface area (Å²) in [5.41, 5.74) is 0. The number of carbonyl (C=O) groups is 1. The van der Waals surface area contributed by atoms with Crippen molar-refractivity contribution in [3.8, 4) is 0 Å². The molecule has 1 fully saturated rings. The van der Waals surface area contributed by atoms with Crippen LogP contribution in [0, 0.1) is 12.8 Å². The van der Waals surface area contributed by atoms with E-state index in [-0.39, 0.29) is 24.2 Å². The summed E-state index contributed by atoms with van der Waals surface area (Å²) in [4.78, 5) is 17.0. The van der Waals surface area contributed by atoms with Crippen molar-refractivity contribution < 1.29 is 4.79 Å². The Balaban J connectivity index is 2.23. The van der Waals surface area contributed by atoms with Crippen LogP contribution in [0.15, 0.2) is 12.1 Å². The molecule has 1 aromatic heterocycles. The molecule has 0 saturated carbocycles. The third-order valence-corrected chi connectivity index (χ3v) is 4.68. The Labute approximate surface area is 120 Å². The second-order valence-electron chi connectivity index (χ2n) is 5.96. The molecule has 0 spiro atoms. The summed E-state index contributed by atoms with van der Waals surface area (Å²) in [6, 6.07) is 4.46. The summed E-state index contributed by atoms with van der Waals surface area (Å²) < 4.78 is 0. The fourth-order valence-corrected chi connectivity index (χ4v) is 3.76. The van der Waals surface area contributed by atoms with Gasteiger partial charge in [-0.1, -0.05) is 13.8 Å². The van der Waals surface area contributed by atoms with E-state index in [1.54, 1.807) is 11.3 Å². The van der Waals surface area contributed by atoms with Crippen LogP contribution in [0.2, 0.25) is 0 Å². The molecule has 1 saturated heterocycles. The second-order valence-corrected chi connectivity index (χ2v) is 7.28. The molecular formula is C15H24N2OS. The highest BCUT2D eigenvalue weighted by molar-refractivity contribution is 7.12. The van der Waals surface area contributed by atoms with Crippen molar-refractivity contribution in [3.63, 3.8) is 0 Å². The molecule has 2 rings (SSSR count). The highest BCUT2D eigenvalue weighted by Crippen LogP contribution is 2.33. The summed E-state index contributed by atoms with van der Waals surface area (Å²) in [6.07, 6.45) is 1.09. The number of nitrogens with zero attached hydrogens (tertiary/aromatic N) is 1. The number of aryl methyl sites for hydroxylation is 1. The molecule has 3 atom stereocenters. The number of amides is 1. The van der Waals surface area contributed by atoms with Crippen molar-refractivity contribution >= 4 is 17.2 Å². The lowest BCUT2D eigenvalue weighted by Gasteiger charge is -2.31. The monoisotopic (exact) mass is 280 g/mol. The van der Waals surface area contributed by atoms with E-state index >= 15 is 0 Å². The van der Waals surface area contributed by atoms with Gasteiger partial charge in [0.05, 0.1) is 6.04 Å². The third kappa shape index (κ3) is 3.00. The molecule has 3 nitrogen and oxygen atoms in total. The van der Waals surface area contributed by atoms with Gasteiger partial charge in [-0.25, -0.2) is 0 Å². The molecule has 0 radical (unpaired) electrons. The quantitative estimate of drug-likeness (QED) is 0.917. The summed E-state index contributed by atoms with van der Waals surface area (Å²) in [6.45, 7) is 10.6. The van der Waals surface area contributed by atoms with Gasteiger partial charge < -0.3 is 4.90 Å². The van der Waals surface area contributed by atoms with Crippen LogP contribution >= 0.6 is 11.3 Å². The minimum Gasteiger partial charge on any atom is -0.318 e. The van der Waals surface area contributed by atoms with Crippen molar-refractivity contribution in [1.29, 1.82) is 0 Å². The van der Waals surface area contributed by atoms with E-state index in [1.807, 2.05) is 11.8 Å². The number of rotatable bonds is 4. The molecule has 0 bridgehead atoms. The minimum absolute atomic E-state index is 0.0509. The molecule has 106 valence electrons. The van der Waals surface area contributed by atoms with Gasteiger partial charge in [-0.3, -0.25) is 10.1 Å². The minimum atomic E-state index is -0.0815. The highest BCUT2D eigenvalue weighted by Gasteiger charge is 2.40. The lowest BCUT2D eigenvalue weighted by Crippen LogP contribution is -2.38. The van der Waals surface area contributed by atoms with Gasteiger partial charge >= 0.3 is 0 Å². The van der Waals surface area contributed by atoms with Gasteiger partial charge in [-0.2, -0.15) is 0 Å². The zero-order valence-corrected chi connectivity index (χ0v) is 13.3. The Hall–Kier alpha value is -0.870. The molecule has 3 unspecified atom stereocenters. The summed E-state index contributed by atoms with van der Waals surface area (Å²) in [7, 11) is 0. The van der Waals surface area contributed by atoms with E-state index in [0.717, 1.165) is 6.42 Å². The van der Waals surface area contributed by atoms with E-state index in [4.69, 9.17) is 0 Å². The topological polar surface area (TPSA) is 32.3 Å². The maximum Gasteiger partial charge on any atom is 0.241 e. The maximum atomic E-state index is 12.4. The molecule has 1 aliphatic rings. The van der Waals surface area contributed by atoms with Crippen molar-refractivity contribution in [1.82, 2.24) is 10.2 Å². The van der Waals surface area contributed by atoms with E-state index in [9.17, 15) is 4.79 Å². The van der Waals surface area contributed by atoms with Crippen molar-refractivity contribution in [2.24, 2.45) is 5.92 Å². The lowest BCUT2D eigenvalue weighted by atomic mass is 10.0. The van der Waals surface area contributed by atoms with Gasteiger partial charge in [0.25, 0.3) is 0 Å². The molecule has 1 amide bonds. The van der Waals surface area contributed by atoms with Gasteiger partial charge in [-0.15, -0.1) is 11.3 Å². The van der Waals surface area contributed by atoms with Gasteiger partial charge in [-0.05, 0) is 45.2 Å². The lowest BCUT2D eigenvalue weighted by molar-refractivity contribution is -0.132. The van der Waals surface area contributed by atoms with Crippen LogP contribution in [-0.4, -0.2) is 22.9 Å². The molecule has 1 aliphatic heterocycles. The number of hydrogen-bond acceptors (Lipinski definition) is 3. The first-order valence-corrected chi connectivity index (χ1v) is 7.86. The van der Waals surface area contributed by atoms with Crippen LogP contribution in [0.1, 0.15) is 50.0 Å². The largest absolute Gasteiger partial charge is 0.318 e. The van der Waals surface area contributed by atoms with E-state index in [1.165, 1.54) is 9.75 Å². The average molecular weight is 280 g/mol. The number of carbonyl (C=O) groups excluding carboxylic acids is 1. The molecular weight excluding hydrogens is 256 g/mol. The molecule has 1 N–H and O–H groups in total. The zero-order valence-electron chi connectivity index (χ0n) is 12.4. The Morgan fingerprint density at radius 2 is 2.05 bits per heavy atom. The Bertz CT molecular complexity index is 455. The fraction of sp³-hybridized carbons (Fsp3) is 0.667.